The summed E-state index contributed by atoms with van der Waals surface area (Å²) in [5.74, 6) is -0.0367. The van der Waals surface area contributed by atoms with E-state index in [0.29, 0.717) is 26.1 Å². The Bertz CT molecular complexity index is 1060. The minimum absolute atomic E-state index is 0.0367. The summed E-state index contributed by atoms with van der Waals surface area (Å²) >= 11 is 0. The van der Waals surface area contributed by atoms with Crippen molar-refractivity contribution < 1.29 is 4.79 Å². The molecule has 0 fully saturated rings. The van der Waals surface area contributed by atoms with Crippen molar-refractivity contribution >= 4 is 22.5 Å². The van der Waals surface area contributed by atoms with Gasteiger partial charge in [-0.2, -0.15) is 0 Å². The number of rotatable bonds is 8. The zero-order valence-corrected chi connectivity index (χ0v) is 16.6. The number of nitrogens with one attached hydrogen (secondary N) is 1. The lowest BCUT2D eigenvalue weighted by atomic mass is 10.2. The summed E-state index contributed by atoms with van der Waals surface area (Å²) in [4.78, 5) is 27.9. The van der Waals surface area contributed by atoms with E-state index in [2.05, 4.69) is 25.2 Å². The van der Waals surface area contributed by atoms with E-state index >= 15 is 0 Å². The number of amides is 1. The van der Waals surface area contributed by atoms with Gasteiger partial charge in [-0.1, -0.05) is 30.3 Å². The number of carbonyl (C=O) groups is 1. The second kappa shape index (κ2) is 9.71. The highest BCUT2D eigenvalue weighted by molar-refractivity contribution is 6.00. The Hall–Kier alpha value is -3.64. The van der Waals surface area contributed by atoms with Crippen LogP contribution in [0.1, 0.15) is 17.7 Å². The van der Waals surface area contributed by atoms with Crippen LogP contribution in [0, 0.1) is 0 Å². The lowest BCUT2D eigenvalue weighted by molar-refractivity contribution is -0.116. The summed E-state index contributed by atoms with van der Waals surface area (Å²) in [5.41, 5.74) is 3.61. The molecule has 0 aliphatic rings. The molecule has 3 aromatic heterocycles. The van der Waals surface area contributed by atoms with Crippen molar-refractivity contribution in [3.05, 3.63) is 96.7 Å². The summed E-state index contributed by atoms with van der Waals surface area (Å²) in [6, 6.07) is 19.5. The van der Waals surface area contributed by atoms with E-state index in [4.69, 9.17) is 0 Å². The van der Waals surface area contributed by atoms with Gasteiger partial charge in [-0.15, -0.1) is 0 Å². The van der Waals surface area contributed by atoms with Gasteiger partial charge in [0.1, 0.15) is 0 Å². The molecule has 0 unspecified atom stereocenters. The Kier molecular flexibility index (Phi) is 6.37. The number of fused-ring (bicyclic) bond motifs is 1. The zero-order valence-electron chi connectivity index (χ0n) is 16.6. The SMILES string of the molecule is O=C(CCN(Cc1cccnc1)Cc1ccccn1)Nc1cccc2cccnc12. The first-order valence-corrected chi connectivity index (χ1v) is 9.93. The molecule has 30 heavy (non-hydrogen) atoms. The second-order valence-corrected chi connectivity index (χ2v) is 7.07. The van der Waals surface area contributed by atoms with Crippen molar-refractivity contribution in [3.8, 4) is 0 Å². The van der Waals surface area contributed by atoms with E-state index in [1.54, 1.807) is 18.6 Å². The third-order valence-corrected chi connectivity index (χ3v) is 4.80. The van der Waals surface area contributed by atoms with Crippen molar-refractivity contribution in [1.29, 1.82) is 0 Å². The quantitative estimate of drug-likeness (QED) is 0.486. The van der Waals surface area contributed by atoms with Gasteiger partial charge in [0, 0.05) is 56.2 Å². The number of pyridine rings is 3. The van der Waals surface area contributed by atoms with Crippen LogP contribution in [0.2, 0.25) is 0 Å². The number of carbonyl (C=O) groups excluding carboxylic acids is 1. The van der Waals surface area contributed by atoms with Crippen LogP contribution in [0.15, 0.2) is 85.5 Å². The van der Waals surface area contributed by atoms with Crippen LogP contribution >= 0.6 is 0 Å². The van der Waals surface area contributed by atoms with Gasteiger partial charge in [-0.25, -0.2) is 0 Å². The van der Waals surface area contributed by atoms with Gasteiger partial charge in [0.15, 0.2) is 0 Å². The smallest absolute Gasteiger partial charge is 0.225 e. The third-order valence-electron chi connectivity index (χ3n) is 4.80. The largest absolute Gasteiger partial charge is 0.324 e. The van der Waals surface area contributed by atoms with Crippen LogP contribution in [-0.4, -0.2) is 32.3 Å². The average molecular weight is 397 g/mol. The molecule has 0 bridgehead atoms. The molecule has 0 aliphatic heterocycles. The van der Waals surface area contributed by atoms with Gasteiger partial charge in [0.2, 0.25) is 5.91 Å². The van der Waals surface area contributed by atoms with Gasteiger partial charge in [-0.05, 0) is 35.9 Å². The van der Waals surface area contributed by atoms with Crippen LogP contribution in [0.25, 0.3) is 10.9 Å². The van der Waals surface area contributed by atoms with E-state index in [9.17, 15) is 4.79 Å². The standard InChI is InChI=1S/C24H23N5O/c30-23(28-22-10-3-7-20-8-5-14-27-24(20)22)11-15-29(17-19-6-4-12-25-16-19)18-21-9-1-2-13-26-21/h1-10,12-14,16H,11,15,17-18H2,(H,28,30). The summed E-state index contributed by atoms with van der Waals surface area (Å²) in [6.45, 7) is 1.97. The van der Waals surface area contributed by atoms with E-state index < -0.39 is 0 Å². The topological polar surface area (TPSA) is 71.0 Å². The molecule has 1 aromatic carbocycles. The van der Waals surface area contributed by atoms with E-state index in [1.165, 1.54) is 0 Å². The molecule has 0 aliphatic carbocycles. The number of benzene rings is 1. The highest BCUT2D eigenvalue weighted by atomic mass is 16.1. The Balaban J connectivity index is 1.42. The minimum Gasteiger partial charge on any atom is -0.324 e. The molecular weight excluding hydrogens is 374 g/mol. The van der Waals surface area contributed by atoms with Gasteiger partial charge in [0.05, 0.1) is 16.9 Å². The summed E-state index contributed by atoms with van der Waals surface area (Å²) in [7, 11) is 0. The summed E-state index contributed by atoms with van der Waals surface area (Å²) in [6.07, 6.45) is 7.51. The number of para-hydroxylation sites is 1. The highest BCUT2D eigenvalue weighted by Crippen LogP contribution is 2.20. The van der Waals surface area contributed by atoms with Gasteiger partial charge in [-0.3, -0.25) is 24.6 Å². The van der Waals surface area contributed by atoms with Crippen LogP contribution < -0.4 is 5.32 Å². The first-order valence-electron chi connectivity index (χ1n) is 9.93. The number of nitrogens with zero attached hydrogens (tertiary/aromatic N) is 4. The lowest BCUT2D eigenvalue weighted by Gasteiger charge is -2.22. The summed E-state index contributed by atoms with van der Waals surface area (Å²) in [5, 5.41) is 4.02. The molecule has 6 heteroatoms. The van der Waals surface area contributed by atoms with E-state index in [-0.39, 0.29) is 5.91 Å². The number of hydrogen-bond acceptors (Lipinski definition) is 5. The molecule has 3 heterocycles. The number of anilines is 1. The Morgan fingerprint density at radius 1 is 0.867 bits per heavy atom. The first kappa shape index (κ1) is 19.7. The van der Waals surface area contributed by atoms with Crippen LogP contribution in [0.4, 0.5) is 5.69 Å². The van der Waals surface area contributed by atoms with Gasteiger partial charge >= 0.3 is 0 Å². The van der Waals surface area contributed by atoms with Gasteiger partial charge in [0.25, 0.3) is 0 Å². The van der Waals surface area contributed by atoms with Crippen LogP contribution in [-0.2, 0) is 17.9 Å². The fraction of sp³-hybridized carbons (Fsp3) is 0.167. The number of aromatic nitrogens is 3. The predicted octanol–water partition coefficient (Wildman–Crippen LogP) is 4.06. The molecule has 0 radical (unpaired) electrons. The molecule has 4 aromatic rings. The summed E-state index contributed by atoms with van der Waals surface area (Å²) < 4.78 is 0. The monoisotopic (exact) mass is 397 g/mol. The molecule has 0 saturated heterocycles. The van der Waals surface area contributed by atoms with Crippen molar-refractivity contribution in [2.75, 3.05) is 11.9 Å². The van der Waals surface area contributed by atoms with E-state index in [0.717, 1.165) is 27.8 Å². The normalized spacial score (nSPS) is 11.0. The molecule has 0 atom stereocenters. The predicted molar refractivity (Wildman–Crippen MR) is 118 cm³/mol. The molecule has 6 nitrogen and oxygen atoms in total. The maximum Gasteiger partial charge on any atom is 0.225 e. The molecule has 1 amide bonds. The van der Waals surface area contributed by atoms with E-state index in [1.807, 2.05) is 66.9 Å². The average Bonchev–Trinajstić information content (AvgIpc) is 2.79. The first-order chi connectivity index (χ1) is 14.8. The van der Waals surface area contributed by atoms with Crippen molar-refractivity contribution in [3.63, 3.8) is 0 Å². The Labute approximate surface area is 175 Å². The molecule has 0 saturated carbocycles. The van der Waals surface area contributed by atoms with Crippen LogP contribution in [0.5, 0.6) is 0 Å². The minimum atomic E-state index is -0.0367. The maximum absolute atomic E-state index is 12.7. The van der Waals surface area contributed by atoms with Crippen molar-refractivity contribution in [2.45, 2.75) is 19.5 Å². The molecule has 1 N–H and O–H groups in total. The fourth-order valence-corrected chi connectivity index (χ4v) is 3.36. The Morgan fingerprint density at radius 2 is 1.73 bits per heavy atom. The third kappa shape index (κ3) is 5.24. The maximum atomic E-state index is 12.7. The molecule has 4 rings (SSSR count). The zero-order chi connectivity index (χ0) is 20.6. The lowest BCUT2D eigenvalue weighted by Crippen LogP contribution is -2.27. The second-order valence-electron chi connectivity index (χ2n) is 7.07. The van der Waals surface area contributed by atoms with Crippen LogP contribution in [0.3, 0.4) is 0 Å². The van der Waals surface area contributed by atoms with Gasteiger partial charge < -0.3 is 5.32 Å². The molecular formula is C24H23N5O. The molecule has 0 spiro atoms. The van der Waals surface area contributed by atoms with Crippen molar-refractivity contribution in [2.24, 2.45) is 0 Å². The Morgan fingerprint density at radius 3 is 2.57 bits per heavy atom. The highest BCUT2D eigenvalue weighted by Gasteiger charge is 2.12. The molecule has 150 valence electrons. The van der Waals surface area contributed by atoms with Crippen molar-refractivity contribution in [1.82, 2.24) is 19.9 Å². The number of hydrogen-bond donors (Lipinski definition) is 1. The fourth-order valence-electron chi connectivity index (χ4n) is 3.36.